The number of amides is 2. The van der Waals surface area contributed by atoms with Gasteiger partial charge in [-0.1, -0.05) is 19.9 Å². The molecule has 0 aliphatic carbocycles. The van der Waals surface area contributed by atoms with Crippen molar-refractivity contribution < 1.29 is 19.1 Å². The van der Waals surface area contributed by atoms with E-state index in [0.29, 0.717) is 29.7 Å². The lowest BCUT2D eigenvalue weighted by molar-refractivity contribution is -0.133. The van der Waals surface area contributed by atoms with E-state index < -0.39 is 0 Å². The Kier molecular flexibility index (Phi) is 6.36. The van der Waals surface area contributed by atoms with Gasteiger partial charge in [0.2, 0.25) is 11.8 Å². The van der Waals surface area contributed by atoms with Crippen LogP contribution in [0.5, 0.6) is 11.5 Å². The summed E-state index contributed by atoms with van der Waals surface area (Å²) < 4.78 is 10.6. The van der Waals surface area contributed by atoms with E-state index in [1.54, 1.807) is 19.1 Å². The molecule has 0 radical (unpaired) electrons. The van der Waals surface area contributed by atoms with E-state index in [2.05, 4.69) is 5.32 Å². The zero-order valence-electron chi connectivity index (χ0n) is 14.5. The summed E-state index contributed by atoms with van der Waals surface area (Å²) in [6.07, 6.45) is 0. The Bertz CT molecular complexity index is 606. The van der Waals surface area contributed by atoms with Crippen LogP contribution in [-0.2, 0) is 9.59 Å². The van der Waals surface area contributed by atoms with E-state index in [1.165, 1.54) is 11.8 Å². The lowest BCUT2D eigenvalue weighted by Gasteiger charge is -2.24. The molecule has 2 rings (SSSR count). The first-order valence-corrected chi connectivity index (χ1v) is 8.90. The number of ether oxygens (including phenoxy) is 2. The van der Waals surface area contributed by atoms with Gasteiger partial charge in [0.1, 0.15) is 11.9 Å². The van der Waals surface area contributed by atoms with Crippen molar-refractivity contribution in [3.05, 3.63) is 23.8 Å². The number of thioether (sulfide) groups is 1. The van der Waals surface area contributed by atoms with Crippen molar-refractivity contribution in [2.75, 3.05) is 33.1 Å². The molecule has 1 fully saturated rings. The number of nitrogens with zero attached hydrogens (tertiary/aromatic N) is 1. The third kappa shape index (κ3) is 4.35. The van der Waals surface area contributed by atoms with Gasteiger partial charge in [0, 0.05) is 6.54 Å². The van der Waals surface area contributed by atoms with E-state index in [1.807, 2.05) is 32.0 Å². The molecule has 1 N–H and O–H groups in total. The Morgan fingerprint density at radius 3 is 2.67 bits per heavy atom. The first-order valence-electron chi connectivity index (χ1n) is 7.86. The second-order valence-electron chi connectivity index (χ2n) is 6.00. The fraction of sp³-hybridized carbons (Fsp3) is 0.529. The second kappa shape index (κ2) is 8.28. The van der Waals surface area contributed by atoms with Gasteiger partial charge in [0.15, 0.2) is 11.5 Å². The van der Waals surface area contributed by atoms with Crippen LogP contribution in [0, 0.1) is 5.92 Å². The molecule has 6 nitrogen and oxygen atoms in total. The predicted molar refractivity (Wildman–Crippen MR) is 94.3 cm³/mol. The van der Waals surface area contributed by atoms with Crippen LogP contribution in [0.2, 0.25) is 0 Å². The van der Waals surface area contributed by atoms with Gasteiger partial charge in [0.05, 0.1) is 20.0 Å². The minimum absolute atomic E-state index is 0.0283. The molecular formula is C17H24N2O4S. The van der Waals surface area contributed by atoms with Crippen LogP contribution < -0.4 is 14.8 Å². The van der Waals surface area contributed by atoms with Crippen LogP contribution in [0.15, 0.2) is 18.2 Å². The molecule has 7 heteroatoms. The monoisotopic (exact) mass is 352 g/mol. The second-order valence-corrected chi connectivity index (χ2v) is 7.07. The lowest BCUT2D eigenvalue weighted by atomic mass is 10.1. The topological polar surface area (TPSA) is 67.9 Å². The van der Waals surface area contributed by atoms with Crippen LogP contribution in [-0.4, -0.2) is 49.8 Å². The van der Waals surface area contributed by atoms with E-state index in [9.17, 15) is 9.59 Å². The average molecular weight is 352 g/mol. The number of carbonyl (C=O) groups excluding carboxylic acids is 2. The molecule has 1 atom stereocenters. The lowest BCUT2D eigenvalue weighted by Crippen LogP contribution is -2.40. The van der Waals surface area contributed by atoms with Crippen molar-refractivity contribution in [2.24, 2.45) is 5.92 Å². The molecule has 0 spiro atoms. The quantitative estimate of drug-likeness (QED) is 0.813. The standard InChI is InChI=1S/C17H24N2O4S/c1-11(2)8-18-15(20)9-19-16(21)10-24-17(19)12-5-6-13(22-3)14(7-12)23-4/h5-7,11,17H,8-10H2,1-4H3,(H,18,20)/t17-/m1/s1. The SMILES string of the molecule is COc1ccc([C@H]2SCC(=O)N2CC(=O)NCC(C)C)cc1OC. The number of hydrogen-bond donors (Lipinski definition) is 1. The maximum Gasteiger partial charge on any atom is 0.239 e. The van der Waals surface area contributed by atoms with Gasteiger partial charge >= 0.3 is 0 Å². The predicted octanol–water partition coefficient (Wildman–Crippen LogP) is 2.05. The van der Waals surface area contributed by atoms with Crippen molar-refractivity contribution in [1.82, 2.24) is 10.2 Å². The Labute approximate surface area is 146 Å². The van der Waals surface area contributed by atoms with Gasteiger partial charge in [0.25, 0.3) is 0 Å². The highest BCUT2D eigenvalue weighted by Gasteiger charge is 2.34. The van der Waals surface area contributed by atoms with Crippen molar-refractivity contribution in [1.29, 1.82) is 0 Å². The van der Waals surface area contributed by atoms with E-state index in [-0.39, 0.29) is 23.7 Å². The number of carbonyl (C=O) groups is 2. The zero-order chi connectivity index (χ0) is 17.7. The number of benzene rings is 1. The highest BCUT2D eigenvalue weighted by molar-refractivity contribution is 8.00. The summed E-state index contributed by atoms with van der Waals surface area (Å²) in [4.78, 5) is 25.9. The number of rotatable bonds is 7. The van der Waals surface area contributed by atoms with Gasteiger partial charge in [-0.3, -0.25) is 9.59 Å². The molecule has 1 saturated heterocycles. The number of hydrogen-bond acceptors (Lipinski definition) is 5. The van der Waals surface area contributed by atoms with Crippen LogP contribution in [0.25, 0.3) is 0 Å². The van der Waals surface area contributed by atoms with Crippen molar-refractivity contribution in [2.45, 2.75) is 19.2 Å². The van der Waals surface area contributed by atoms with E-state index in [0.717, 1.165) is 5.56 Å². The molecule has 0 aromatic heterocycles. The summed E-state index contributed by atoms with van der Waals surface area (Å²) in [6.45, 7) is 4.74. The maximum atomic E-state index is 12.2. The molecule has 0 unspecified atom stereocenters. The third-order valence-electron chi connectivity index (χ3n) is 3.68. The minimum atomic E-state index is -0.192. The van der Waals surface area contributed by atoms with Crippen molar-refractivity contribution in [3.63, 3.8) is 0 Å². The highest BCUT2D eigenvalue weighted by atomic mass is 32.2. The van der Waals surface area contributed by atoms with Gasteiger partial charge in [-0.15, -0.1) is 11.8 Å². The fourth-order valence-corrected chi connectivity index (χ4v) is 3.61. The first-order chi connectivity index (χ1) is 11.5. The molecule has 0 bridgehead atoms. The molecule has 2 amide bonds. The van der Waals surface area contributed by atoms with Crippen LogP contribution in [0.1, 0.15) is 24.8 Å². The Balaban J connectivity index is 2.13. The van der Waals surface area contributed by atoms with Crippen LogP contribution in [0.3, 0.4) is 0 Å². The normalized spacial score (nSPS) is 17.3. The molecule has 1 aromatic carbocycles. The summed E-state index contributed by atoms with van der Waals surface area (Å²) >= 11 is 1.51. The summed E-state index contributed by atoms with van der Waals surface area (Å²) in [6, 6.07) is 5.57. The Hall–Kier alpha value is -1.89. The Morgan fingerprint density at radius 2 is 2.04 bits per heavy atom. The van der Waals surface area contributed by atoms with Crippen molar-refractivity contribution in [3.8, 4) is 11.5 Å². The number of nitrogens with one attached hydrogen (secondary N) is 1. The summed E-state index contributed by atoms with van der Waals surface area (Å²) in [7, 11) is 3.16. The molecular weight excluding hydrogens is 328 g/mol. The third-order valence-corrected chi connectivity index (χ3v) is 4.94. The molecule has 1 aliphatic heterocycles. The van der Waals surface area contributed by atoms with Gasteiger partial charge in [-0.2, -0.15) is 0 Å². The highest BCUT2D eigenvalue weighted by Crippen LogP contribution is 2.41. The fourth-order valence-electron chi connectivity index (χ4n) is 2.44. The summed E-state index contributed by atoms with van der Waals surface area (Å²) in [5, 5.41) is 2.66. The molecule has 1 aromatic rings. The van der Waals surface area contributed by atoms with Gasteiger partial charge in [-0.05, 0) is 23.6 Å². The van der Waals surface area contributed by atoms with Crippen LogP contribution in [0.4, 0.5) is 0 Å². The Morgan fingerprint density at radius 1 is 1.33 bits per heavy atom. The van der Waals surface area contributed by atoms with E-state index >= 15 is 0 Å². The molecule has 132 valence electrons. The van der Waals surface area contributed by atoms with Crippen LogP contribution >= 0.6 is 11.8 Å². The summed E-state index contributed by atoms with van der Waals surface area (Å²) in [5.74, 6) is 1.83. The van der Waals surface area contributed by atoms with Crippen molar-refractivity contribution >= 4 is 23.6 Å². The van der Waals surface area contributed by atoms with Gasteiger partial charge in [-0.25, -0.2) is 0 Å². The largest absolute Gasteiger partial charge is 0.493 e. The van der Waals surface area contributed by atoms with Gasteiger partial charge < -0.3 is 19.7 Å². The molecule has 1 aliphatic rings. The smallest absolute Gasteiger partial charge is 0.239 e. The maximum absolute atomic E-state index is 12.2. The van der Waals surface area contributed by atoms with E-state index in [4.69, 9.17) is 9.47 Å². The molecule has 0 saturated carbocycles. The number of methoxy groups -OCH3 is 2. The zero-order valence-corrected chi connectivity index (χ0v) is 15.3. The molecule has 1 heterocycles. The summed E-state index contributed by atoms with van der Waals surface area (Å²) in [5.41, 5.74) is 0.917. The first kappa shape index (κ1) is 18.4. The minimum Gasteiger partial charge on any atom is -0.493 e. The average Bonchev–Trinajstić information content (AvgIpc) is 2.93. The molecule has 24 heavy (non-hydrogen) atoms.